The second-order valence-electron chi connectivity index (χ2n) is 5.18. The van der Waals surface area contributed by atoms with Crippen LogP contribution in [0.3, 0.4) is 0 Å². The van der Waals surface area contributed by atoms with Crippen molar-refractivity contribution < 1.29 is 0 Å². The first-order chi connectivity index (χ1) is 9.11. The fourth-order valence-electron chi connectivity index (χ4n) is 2.32. The first-order valence-electron chi connectivity index (χ1n) is 6.68. The monoisotopic (exact) mass is 317 g/mol. The summed E-state index contributed by atoms with van der Waals surface area (Å²) < 4.78 is 1.11. The number of nitrogens with two attached hydrogens (primary N) is 1. The van der Waals surface area contributed by atoms with E-state index in [0.717, 1.165) is 23.7 Å². The van der Waals surface area contributed by atoms with Gasteiger partial charge in [0.2, 0.25) is 0 Å². The van der Waals surface area contributed by atoms with Crippen LogP contribution in [0.4, 0.5) is 0 Å². The number of benzene rings is 2. The predicted molar refractivity (Wildman–Crippen MR) is 85.2 cm³/mol. The SMILES string of the molecule is CCC(N)(Cc1ccccc1)Cc1ccc(Br)cc1. The van der Waals surface area contributed by atoms with E-state index in [4.69, 9.17) is 5.73 Å². The summed E-state index contributed by atoms with van der Waals surface area (Å²) in [5.41, 5.74) is 9.02. The zero-order valence-corrected chi connectivity index (χ0v) is 12.9. The first-order valence-corrected chi connectivity index (χ1v) is 7.48. The van der Waals surface area contributed by atoms with Gasteiger partial charge in [0.05, 0.1) is 0 Å². The van der Waals surface area contributed by atoms with Gasteiger partial charge < -0.3 is 5.73 Å². The van der Waals surface area contributed by atoms with Gasteiger partial charge in [0.25, 0.3) is 0 Å². The van der Waals surface area contributed by atoms with E-state index in [1.54, 1.807) is 0 Å². The molecule has 2 aromatic carbocycles. The van der Waals surface area contributed by atoms with E-state index >= 15 is 0 Å². The van der Waals surface area contributed by atoms with Crippen molar-refractivity contribution in [1.82, 2.24) is 0 Å². The molecule has 0 aromatic heterocycles. The predicted octanol–water partition coefficient (Wildman–Crippen LogP) is 4.34. The highest BCUT2D eigenvalue weighted by Gasteiger charge is 2.23. The Bertz CT molecular complexity index is 507. The van der Waals surface area contributed by atoms with Crippen molar-refractivity contribution in [1.29, 1.82) is 0 Å². The van der Waals surface area contributed by atoms with E-state index in [-0.39, 0.29) is 5.54 Å². The molecule has 0 saturated carbocycles. The Labute approximate surface area is 124 Å². The van der Waals surface area contributed by atoms with E-state index in [1.807, 2.05) is 6.07 Å². The number of halogens is 1. The summed E-state index contributed by atoms with van der Waals surface area (Å²) in [5.74, 6) is 0. The van der Waals surface area contributed by atoms with Crippen molar-refractivity contribution >= 4 is 15.9 Å². The molecule has 0 bridgehead atoms. The summed E-state index contributed by atoms with van der Waals surface area (Å²) in [4.78, 5) is 0. The highest BCUT2D eigenvalue weighted by Crippen LogP contribution is 2.21. The molecule has 0 fully saturated rings. The largest absolute Gasteiger partial charge is 0.325 e. The molecule has 2 rings (SSSR count). The molecule has 0 aliphatic heterocycles. The molecule has 0 aliphatic carbocycles. The molecule has 1 unspecified atom stereocenters. The average molecular weight is 318 g/mol. The lowest BCUT2D eigenvalue weighted by Crippen LogP contribution is -2.43. The third kappa shape index (κ3) is 4.19. The Morgan fingerprint density at radius 2 is 1.42 bits per heavy atom. The Kier molecular flexibility index (Phi) is 4.78. The van der Waals surface area contributed by atoms with Crippen molar-refractivity contribution in [2.75, 3.05) is 0 Å². The van der Waals surface area contributed by atoms with Crippen LogP contribution in [0.25, 0.3) is 0 Å². The molecule has 19 heavy (non-hydrogen) atoms. The van der Waals surface area contributed by atoms with Crippen LogP contribution in [0.15, 0.2) is 59.1 Å². The standard InChI is InChI=1S/C17H20BrN/c1-2-17(19,12-14-6-4-3-5-7-14)13-15-8-10-16(18)11-9-15/h3-11H,2,12-13,19H2,1H3. The molecule has 0 radical (unpaired) electrons. The lowest BCUT2D eigenvalue weighted by Gasteiger charge is -2.28. The summed E-state index contributed by atoms with van der Waals surface area (Å²) in [6.07, 6.45) is 2.80. The van der Waals surface area contributed by atoms with E-state index in [1.165, 1.54) is 11.1 Å². The maximum Gasteiger partial charge on any atom is 0.0233 e. The van der Waals surface area contributed by atoms with E-state index in [2.05, 4.69) is 71.4 Å². The minimum absolute atomic E-state index is 0.171. The zero-order chi connectivity index (χ0) is 13.7. The first kappa shape index (κ1) is 14.3. The lowest BCUT2D eigenvalue weighted by atomic mass is 9.83. The zero-order valence-electron chi connectivity index (χ0n) is 11.3. The van der Waals surface area contributed by atoms with Crippen LogP contribution in [0, 0.1) is 0 Å². The van der Waals surface area contributed by atoms with Gasteiger partial charge in [0.1, 0.15) is 0 Å². The van der Waals surface area contributed by atoms with Gasteiger partial charge in [-0.05, 0) is 42.5 Å². The molecule has 1 atom stereocenters. The topological polar surface area (TPSA) is 26.0 Å². The Morgan fingerprint density at radius 3 is 1.95 bits per heavy atom. The van der Waals surface area contributed by atoms with E-state index in [0.29, 0.717) is 0 Å². The van der Waals surface area contributed by atoms with Crippen LogP contribution >= 0.6 is 15.9 Å². The summed E-state index contributed by atoms with van der Waals surface area (Å²) >= 11 is 3.46. The minimum atomic E-state index is -0.171. The molecular formula is C17H20BrN. The van der Waals surface area contributed by atoms with Gasteiger partial charge in [-0.2, -0.15) is 0 Å². The normalized spacial score (nSPS) is 14.1. The maximum absolute atomic E-state index is 6.59. The second kappa shape index (κ2) is 6.36. The maximum atomic E-state index is 6.59. The Balaban J connectivity index is 2.11. The van der Waals surface area contributed by atoms with Crippen molar-refractivity contribution in [3.8, 4) is 0 Å². The van der Waals surface area contributed by atoms with Crippen LogP contribution < -0.4 is 5.73 Å². The quantitative estimate of drug-likeness (QED) is 0.872. The Morgan fingerprint density at radius 1 is 0.895 bits per heavy atom. The minimum Gasteiger partial charge on any atom is -0.325 e. The van der Waals surface area contributed by atoms with Crippen LogP contribution in [-0.4, -0.2) is 5.54 Å². The third-order valence-corrected chi connectivity index (χ3v) is 4.10. The molecule has 2 heteroatoms. The molecule has 0 aliphatic rings. The fraction of sp³-hybridized carbons (Fsp3) is 0.294. The van der Waals surface area contributed by atoms with Gasteiger partial charge in [-0.3, -0.25) is 0 Å². The highest BCUT2D eigenvalue weighted by atomic mass is 79.9. The smallest absolute Gasteiger partial charge is 0.0233 e. The van der Waals surface area contributed by atoms with Gasteiger partial charge >= 0.3 is 0 Å². The summed E-state index contributed by atoms with van der Waals surface area (Å²) in [6, 6.07) is 18.9. The van der Waals surface area contributed by atoms with Gasteiger partial charge in [0, 0.05) is 10.0 Å². The molecule has 0 spiro atoms. The van der Waals surface area contributed by atoms with Crippen molar-refractivity contribution in [3.05, 3.63) is 70.2 Å². The van der Waals surface area contributed by atoms with Crippen LogP contribution in [0.1, 0.15) is 24.5 Å². The fourth-order valence-corrected chi connectivity index (χ4v) is 2.59. The van der Waals surface area contributed by atoms with Gasteiger partial charge in [0.15, 0.2) is 0 Å². The summed E-state index contributed by atoms with van der Waals surface area (Å²) in [6.45, 7) is 2.17. The summed E-state index contributed by atoms with van der Waals surface area (Å²) in [7, 11) is 0. The average Bonchev–Trinajstić information content (AvgIpc) is 2.42. The van der Waals surface area contributed by atoms with Crippen LogP contribution in [-0.2, 0) is 12.8 Å². The van der Waals surface area contributed by atoms with Gasteiger partial charge in [-0.25, -0.2) is 0 Å². The molecule has 0 saturated heterocycles. The van der Waals surface area contributed by atoms with Crippen LogP contribution in [0.2, 0.25) is 0 Å². The third-order valence-electron chi connectivity index (χ3n) is 3.57. The van der Waals surface area contributed by atoms with Crippen molar-refractivity contribution in [3.63, 3.8) is 0 Å². The molecule has 100 valence electrons. The van der Waals surface area contributed by atoms with Crippen molar-refractivity contribution in [2.24, 2.45) is 5.73 Å². The van der Waals surface area contributed by atoms with Crippen molar-refractivity contribution in [2.45, 2.75) is 31.7 Å². The molecule has 0 heterocycles. The number of hydrogen-bond acceptors (Lipinski definition) is 1. The van der Waals surface area contributed by atoms with Gasteiger partial charge in [-0.1, -0.05) is 65.3 Å². The Hall–Kier alpha value is -1.12. The molecule has 2 aromatic rings. The molecular weight excluding hydrogens is 298 g/mol. The lowest BCUT2D eigenvalue weighted by molar-refractivity contribution is 0.404. The molecule has 0 amide bonds. The summed E-state index contributed by atoms with van der Waals surface area (Å²) in [5, 5.41) is 0. The second-order valence-corrected chi connectivity index (χ2v) is 6.10. The number of hydrogen-bond donors (Lipinski definition) is 1. The highest BCUT2D eigenvalue weighted by molar-refractivity contribution is 9.10. The number of rotatable bonds is 5. The molecule has 2 N–H and O–H groups in total. The van der Waals surface area contributed by atoms with Crippen LogP contribution in [0.5, 0.6) is 0 Å². The van der Waals surface area contributed by atoms with E-state index in [9.17, 15) is 0 Å². The van der Waals surface area contributed by atoms with E-state index < -0.39 is 0 Å². The van der Waals surface area contributed by atoms with Gasteiger partial charge in [-0.15, -0.1) is 0 Å². The molecule has 1 nitrogen and oxygen atoms in total.